The van der Waals surface area contributed by atoms with Crippen molar-refractivity contribution in [2.24, 2.45) is 0 Å². The molecule has 25 heavy (non-hydrogen) atoms. The first-order valence-electron chi connectivity index (χ1n) is 8.94. The van der Waals surface area contributed by atoms with E-state index in [9.17, 15) is 9.90 Å². The first-order chi connectivity index (χ1) is 11.7. The van der Waals surface area contributed by atoms with Crippen LogP contribution in [0.4, 0.5) is 0 Å². The van der Waals surface area contributed by atoms with E-state index in [1.165, 1.54) is 11.3 Å². The van der Waals surface area contributed by atoms with Gasteiger partial charge in [0, 0.05) is 16.8 Å². The van der Waals surface area contributed by atoms with E-state index in [1.807, 2.05) is 13.8 Å². The van der Waals surface area contributed by atoms with Crippen LogP contribution in [0.25, 0.3) is 10.2 Å². The number of nitrogens with one attached hydrogen (secondary N) is 1. The van der Waals surface area contributed by atoms with Gasteiger partial charge < -0.3 is 10.4 Å². The number of thiophene rings is 1. The number of nitrogens with zero attached hydrogens (tertiary/aromatic N) is 2. The quantitative estimate of drug-likeness (QED) is 0.856. The van der Waals surface area contributed by atoms with Crippen LogP contribution in [0.3, 0.4) is 0 Å². The Kier molecular flexibility index (Phi) is 4.86. The minimum absolute atomic E-state index is 0.0291. The molecule has 0 radical (unpaired) electrons. The summed E-state index contributed by atoms with van der Waals surface area (Å²) >= 11 is 1.45. The Balaban J connectivity index is 1.90. The summed E-state index contributed by atoms with van der Waals surface area (Å²) in [5, 5.41) is 13.7. The molecule has 2 aromatic heterocycles. The molecule has 0 unspecified atom stereocenters. The first kappa shape index (κ1) is 18.3. The van der Waals surface area contributed by atoms with E-state index in [0.717, 1.165) is 57.9 Å². The molecule has 0 aliphatic heterocycles. The summed E-state index contributed by atoms with van der Waals surface area (Å²) in [6.45, 7) is 10.3. The molecular weight excluding hydrogens is 334 g/mol. The highest BCUT2D eigenvalue weighted by Crippen LogP contribution is 2.33. The molecule has 2 heterocycles. The zero-order valence-corrected chi connectivity index (χ0v) is 16.5. The van der Waals surface area contributed by atoms with Crippen molar-refractivity contribution in [3.8, 4) is 0 Å². The van der Waals surface area contributed by atoms with Gasteiger partial charge in [0.05, 0.1) is 16.7 Å². The van der Waals surface area contributed by atoms with Crippen LogP contribution in [0.2, 0.25) is 0 Å². The van der Waals surface area contributed by atoms with Gasteiger partial charge >= 0.3 is 0 Å². The molecule has 1 saturated carbocycles. The summed E-state index contributed by atoms with van der Waals surface area (Å²) in [4.78, 5) is 23.8. The number of carbonyl (C=O) groups is 1. The van der Waals surface area contributed by atoms with E-state index in [1.54, 1.807) is 0 Å². The van der Waals surface area contributed by atoms with Gasteiger partial charge in [0.2, 0.25) is 0 Å². The molecule has 0 spiro atoms. The SMILES string of the molecule is Cc1nc(C(C)(C)C)nc2sc(C(=O)NC3CCC(O)CC3)c(C)c12. The van der Waals surface area contributed by atoms with Gasteiger partial charge in [-0.2, -0.15) is 0 Å². The lowest BCUT2D eigenvalue weighted by Crippen LogP contribution is -2.38. The molecule has 2 aromatic rings. The van der Waals surface area contributed by atoms with Crippen LogP contribution in [0, 0.1) is 13.8 Å². The van der Waals surface area contributed by atoms with Gasteiger partial charge in [-0.1, -0.05) is 20.8 Å². The number of rotatable bonds is 2. The van der Waals surface area contributed by atoms with Crippen molar-refractivity contribution in [2.45, 2.75) is 77.9 Å². The van der Waals surface area contributed by atoms with Gasteiger partial charge in [-0.05, 0) is 45.1 Å². The van der Waals surface area contributed by atoms with Crippen molar-refractivity contribution in [2.75, 3.05) is 0 Å². The standard InChI is InChI=1S/C19H27N3O2S/c1-10-14-11(2)20-18(19(3,4)5)22-17(14)25-15(10)16(24)21-12-6-8-13(23)9-7-12/h12-13,23H,6-9H2,1-5H3,(H,21,24). The molecule has 136 valence electrons. The van der Waals surface area contributed by atoms with E-state index >= 15 is 0 Å². The number of hydrogen-bond acceptors (Lipinski definition) is 5. The third-order valence-corrected chi connectivity index (χ3v) is 6.06. The van der Waals surface area contributed by atoms with Crippen molar-refractivity contribution in [3.05, 3.63) is 22.0 Å². The van der Waals surface area contributed by atoms with Crippen molar-refractivity contribution in [1.29, 1.82) is 0 Å². The van der Waals surface area contributed by atoms with Gasteiger partial charge in [0.25, 0.3) is 5.91 Å². The van der Waals surface area contributed by atoms with Crippen LogP contribution in [0.15, 0.2) is 0 Å². The van der Waals surface area contributed by atoms with Crippen LogP contribution in [0.1, 0.15) is 73.2 Å². The molecule has 1 fully saturated rings. The fourth-order valence-electron chi connectivity index (χ4n) is 3.36. The highest BCUT2D eigenvalue weighted by Gasteiger charge is 2.26. The second-order valence-electron chi connectivity index (χ2n) is 8.10. The molecule has 1 aliphatic carbocycles. The van der Waals surface area contributed by atoms with Crippen molar-refractivity contribution < 1.29 is 9.90 Å². The highest BCUT2D eigenvalue weighted by molar-refractivity contribution is 7.20. The molecular formula is C19H27N3O2S. The zero-order valence-electron chi connectivity index (χ0n) is 15.6. The predicted octanol–water partition coefficient (Wildman–Crippen LogP) is 3.64. The fraction of sp³-hybridized carbons (Fsp3) is 0.632. The molecule has 1 amide bonds. The Hall–Kier alpha value is -1.53. The Labute approximate surface area is 152 Å². The lowest BCUT2D eigenvalue weighted by atomic mass is 9.93. The summed E-state index contributed by atoms with van der Waals surface area (Å²) in [5.41, 5.74) is 1.78. The summed E-state index contributed by atoms with van der Waals surface area (Å²) in [6.07, 6.45) is 2.98. The molecule has 1 aliphatic rings. The summed E-state index contributed by atoms with van der Waals surface area (Å²) in [6, 6.07) is 0.151. The van der Waals surface area contributed by atoms with Crippen molar-refractivity contribution >= 4 is 27.5 Å². The van der Waals surface area contributed by atoms with E-state index < -0.39 is 0 Å². The largest absolute Gasteiger partial charge is 0.393 e. The highest BCUT2D eigenvalue weighted by atomic mass is 32.1. The van der Waals surface area contributed by atoms with E-state index in [-0.39, 0.29) is 23.5 Å². The fourth-order valence-corrected chi connectivity index (χ4v) is 4.50. The van der Waals surface area contributed by atoms with Crippen LogP contribution < -0.4 is 5.32 Å². The maximum Gasteiger partial charge on any atom is 0.261 e. The minimum Gasteiger partial charge on any atom is -0.393 e. The Morgan fingerprint density at radius 1 is 1.16 bits per heavy atom. The van der Waals surface area contributed by atoms with Crippen LogP contribution in [-0.2, 0) is 5.41 Å². The lowest BCUT2D eigenvalue weighted by molar-refractivity contribution is 0.0871. The maximum absolute atomic E-state index is 12.8. The summed E-state index contributed by atoms with van der Waals surface area (Å²) in [7, 11) is 0. The number of carbonyl (C=O) groups excluding carboxylic acids is 1. The number of aliphatic hydroxyl groups excluding tert-OH is 1. The van der Waals surface area contributed by atoms with Crippen LogP contribution >= 0.6 is 11.3 Å². The van der Waals surface area contributed by atoms with Crippen molar-refractivity contribution in [1.82, 2.24) is 15.3 Å². The van der Waals surface area contributed by atoms with Gasteiger partial charge in [0.1, 0.15) is 10.7 Å². The van der Waals surface area contributed by atoms with Gasteiger partial charge in [0.15, 0.2) is 0 Å². The van der Waals surface area contributed by atoms with E-state index in [0.29, 0.717) is 0 Å². The molecule has 0 aromatic carbocycles. The number of aliphatic hydroxyl groups is 1. The second-order valence-corrected chi connectivity index (χ2v) is 9.10. The van der Waals surface area contributed by atoms with Crippen molar-refractivity contribution in [3.63, 3.8) is 0 Å². The average Bonchev–Trinajstić information content (AvgIpc) is 2.86. The third kappa shape index (κ3) is 3.70. The Morgan fingerprint density at radius 3 is 2.40 bits per heavy atom. The van der Waals surface area contributed by atoms with Gasteiger partial charge in [-0.3, -0.25) is 4.79 Å². The monoisotopic (exact) mass is 361 g/mol. The zero-order chi connectivity index (χ0) is 18.4. The maximum atomic E-state index is 12.8. The molecule has 3 rings (SSSR count). The molecule has 6 heteroatoms. The smallest absolute Gasteiger partial charge is 0.261 e. The van der Waals surface area contributed by atoms with Gasteiger partial charge in [-0.15, -0.1) is 11.3 Å². The molecule has 0 bridgehead atoms. The minimum atomic E-state index is -0.215. The number of hydrogen-bond donors (Lipinski definition) is 2. The van der Waals surface area contributed by atoms with Crippen LogP contribution in [0.5, 0.6) is 0 Å². The number of aromatic nitrogens is 2. The summed E-state index contributed by atoms with van der Waals surface area (Å²) < 4.78 is 0. The number of aryl methyl sites for hydroxylation is 2. The van der Waals surface area contributed by atoms with E-state index in [4.69, 9.17) is 4.98 Å². The predicted molar refractivity (Wildman–Crippen MR) is 101 cm³/mol. The van der Waals surface area contributed by atoms with Crippen LogP contribution in [-0.4, -0.2) is 33.1 Å². The first-order valence-corrected chi connectivity index (χ1v) is 9.75. The number of amides is 1. The molecule has 0 saturated heterocycles. The average molecular weight is 362 g/mol. The summed E-state index contributed by atoms with van der Waals surface area (Å²) in [5.74, 6) is 0.783. The number of fused-ring (bicyclic) bond motifs is 1. The Bertz CT molecular complexity index is 799. The third-order valence-electron chi connectivity index (χ3n) is 4.88. The molecule has 5 nitrogen and oxygen atoms in total. The molecule has 0 atom stereocenters. The lowest BCUT2D eigenvalue weighted by Gasteiger charge is -2.26. The normalized spacial score (nSPS) is 21.5. The Morgan fingerprint density at radius 2 is 1.80 bits per heavy atom. The molecule has 2 N–H and O–H groups in total. The second kappa shape index (κ2) is 6.65. The van der Waals surface area contributed by atoms with Gasteiger partial charge in [-0.25, -0.2) is 9.97 Å². The topological polar surface area (TPSA) is 75.1 Å². The van der Waals surface area contributed by atoms with E-state index in [2.05, 4.69) is 31.1 Å².